The number of rotatable bonds is 6. The number of benzene rings is 2. The topological polar surface area (TPSA) is 108 Å². The van der Waals surface area contributed by atoms with E-state index >= 15 is 0 Å². The Bertz CT molecular complexity index is 1260. The van der Waals surface area contributed by atoms with Crippen LogP contribution in [0.25, 0.3) is 0 Å². The van der Waals surface area contributed by atoms with Crippen LogP contribution >= 0.6 is 0 Å². The number of ketones is 1. The van der Waals surface area contributed by atoms with Crippen molar-refractivity contribution in [2.75, 3.05) is 0 Å². The number of hydrogen-bond donors (Lipinski definition) is 2. The Morgan fingerprint density at radius 2 is 1.65 bits per heavy atom. The van der Waals surface area contributed by atoms with E-state index in [-0.39, 0.29) is 28.9 Å². The molecule has 1 aliphatic heterocycles. The Balaban J connectivity index is 1.76. The normalized spacial score (nSPS) is 16.3. The van der Waals surface area contributed by atoms with Crippen LogP contribution in [0.1, 0.15) is 64.4 Å². The van der Waals surface area contributed by atoms with Crippen LogP contribution in [0.15, 0.2) is 82.7 Å². The minimum atomic E-state index is -1.05. The molecule has 1 amide bonds. The fourth-order valence-corrected chi connectivity index (χ4v) is 4.05. The van der Waals surface area contributed by atoms with Gasteiger partial charge in [0.2, 0.25) is 5.78 Å². The Morgan fingerprint density at radius 3 is 2.18 bits per heavy atom. The predicted molar refractivity (Wildman–Crippen MR) is 125 cm³/mol. The molecule has 1 aromatic heterocycles. The highest BCUT2D eigenvalue weighted by Crippen LogP contribution is 2.40. The lowest BCUT2D eigenvalue weighted by atomic mass is 9.85. The minimum absolute atomic E-state index is 0.0262. The number of carbonyl (C=O) groups excluding carboxylic acids is 2. The summed E-state index contributed by atoms with van der Waals surface area (Å²) in [4.78, 5) is 38.9. The van der Waals surface area contributed by atoms with Crippen molar-refractivity contribution >= 4 is 17.7 Å². The molecule has 0 bridgehead atoms. The van der Waals surface area contributed by atoms with E-state index in [1.54, 1.807) is 18.2 Å². The van der Waals surface area contributed by atoms with E-state index in [2.05, 4.69) is 20.8 Å². The molecule has 1 aliphatic rings. The molecule has 0 fully saturated rings. The van der Waals surface area contributed by atoms with E-state index < -0.39 is 29.5 Å². The van der Waals surface area contributed by atoms with Crippen molar-refractivity contribution < 1.29 is 29.0 Å². The first-order valence-corrected chi connectivity index (χ1v) is 10.8. The van der Waals surface area contributed by atoms with E-state index in [0.717, 1.165) is 5.56 Å². The summed E-state index contributed by atoms with van der Waals surface area (Å²) in [5, 5.41) is 19.9. The highest BCUT2D eigenvalue weighted by Gasteiger charge is 2.44. The van der Waals surface area contributed by atoms with Gasteiger partial charge in [-0.2, -0.15) is 0 Å². The van der Waals surface area contributed by atoms with E-state index in [1.165, 1.54) is 29.4 Å². The third-order valence-corrected chi connectivity index (χ3v) is 5.94. The number of aromatic carboxylic acids is 1. The van der Waals surface area contributed by atoms with Crippen LogP contribution in [-0.2, 0) is 16.8 Å². The fourth-order valence-electron chi connectivity index (χ4n) is 4.05. The van der Waals surface area contributed by atoms with E-state index in [4.69, 9.17) is 9.52 Å². The molecule has 0 spiro atoms. The van der Waals surface area contributed by atoms with Crippen molar-refractivity contribution in [3.05, 3.63) is 106 Å². The van der Waals surface area contributed by atoms with Crippen LogP contribution in [-0.4, -0.2) is 32.8 Å². The molecule has 34 heavy (non-hydrogen) atoms. The average Bonchev–Trinajstić information content (AvgIpc) is 3.42. The molecule has 2 aromatic carbocycles. The lowest BCUT2D eigenvalue weighted by molar-refractivity contribution is -0.130. The van der Waals surface area contributed by atoms with Crippen LogP contribution in [0.4, 0.5) is 0 Å². The molecule has 1 unspecified atom stereocenters. The standard InChI is InChI=1S/C27H25NO6/c1-27(2,3)19-12-10-17(11-13-19)22-21(23(29)20-5-4-14-34-20)24(30)25(31)28(22)15-16-6-8-18(9-7-16)26(32)33/h4-14,22,30H,15H2,1-3H3,(H,32,33). The number of carboxylic acid groups (broad SMARTS) is 1. The first kappa shape index (κ1) is 23.0. The SMILES string of the molecule is CC(C)(C)c1ccc(C2C(C(=O)c3ccco3)=C(O)C(=O)N2Cc2ccc(C(=O)O)cc2)cc1. The summed E-state index contributed by atoms with van der Waals surface area (Å²) in [7, 11) is 0. The molecule has 1 atom stereocenters. The van der Waals surface area contributed by atoms with Crippen molar-refractivity contribution in [3.63, 3.8) is 0 Å². The Hall–Kier alpha value is -4.13. The zero-order valence-electron chi connectivity index (χ0n) is 19.1. The second-order valence-corrected chi connectivity index (χ2v) is 9.28. The first-order valence-electron chi connectivity index (χ1n) is 10.8. The van der Waals surface area contributed by atoms with Gasteiger partial charge in [0.05, 0.1) is 23.4 Å². The summed E-state index contributed by atoms with van der Waals surface area (Å²) < 4.78 is 5.25. The van der Waals surface area contributed by atoms with E-state index in [0.29, 0.717) is 11.1 Å². The van der Waals surface area contributed by atoms with Crippen molar-refractivity contribution in [2.24, 2.45) is 0 Å². The minimum Gasteiger partial charge on any atom is -0.503 e. The highest BCUT2D eigenvalue weighted by molar-refractivity contribution is 6.15. The van der Waals surface area contributed by atoms with Crippen molar-refractivity contribution in [1.82, 2.24) is 4.90 Å². The van der Waals surface area contributed by atoms with Crippen molar-refractivity contribution in [1.29, 1.82) is 0 Å². The van der Waals surface area contributed by atoms with Gasteiger partial charge in [0.25, 0.3) is 5.91 Å². The molecule has 7 heteroatoms. The molecule has 4 rings (SSSR count). The Kier molecular flexibility index (Phi) is 5.87. The van der Waals surface area contributed by atoms with Gasteiger partial charge in [-0.3, -0.25) is 9.59 Å². The van der Waals surface area contributed by atoms with Gasteiger partial charge >= 0.3 is 5.97 Å². The van der Waals surface area contributed by atoms with Crippen molar-refractivity contribution in [3.8, 4) is 0 Å². The summed E-state index contributed by atoms with van der Waals surface area (Å²) in [5.74, 6) is -2.88. The Morgan fingerprint density at radius 1 is 1.00 bits per heavy atom. The second-order valence-electron chi connectivity index (χ2n) is 9.28. The number of carbonyl (C=O) groups is 3. The van der Waals surface area contributed by atoms with Gasteiger partial charge in [0, 0.05) is 6.54 Å². The maximum Gasteiger partial charge on any atom is 0.335 e. The van der Waals surface area contributed by atoms with Crippen LogP contribution < -0.4 is 0 Å². The van der Waals surface area contributed by atoms with Crippen molar-refractivity contribution in [2.45, 2.75) is 38.8 Å². The van der Waals surface area contributed by atoms with Gasteiger partial charge in [-0.1, -0.05) is 57.2 Å². The summed E-state index contributed by atoms with van der Waals surface area (Å²) >= 11 is 0. The number of carboxylic acids is 1. The summed E-state index contributed by atoms with van der Waals surface area (Å²) in [6.07, 6.45) is 1.36. The highest BCUT2D eigenvalue weighted by atomic mass is 16.4. The van der Waals surface area contributed by atoms with Gasteiger partial charge in [0.1, 0.15) is 0 Å². The smallest absolute Gasteiger partial charge is 0.335 e. The number of furan rings is 1. The third-order valence-electron chi connectivity index (χ3n) is 5.94. The number of nitrogens with zero attached hydrogens (tertiary/aromatic N) is 1. The fraction of sp³-hybridized carbons (Fsp3) is 0.222. The number of hydrogen-bond acceptors (Lipinski definition) is 5. The number of Topliss-reactive ketones (excluding diaryl/α,β-unsaturated/α-hetero) is 1. The predicted octanol–water partition coefficient (Wildman–Crippen LogP) is 5.05. The monoisotopic (exact) mass is 459 g/mol. The first-order chi connectivity index (χ1) is 16.1. The maximum atomic E-state index is 13.2. The lowest BCUT2D eigenvalue weighted by Crippen LogP contribution is -2.30. The molecule has 174 valence electrons. The summed E-state index contributed by atoms with van der Waals surface area (Å²) in [5.41, 5.74) is 2.41. The molecule has 0 saturated heterocycles. The van der Waals surface area contributed by atoms with Gasteiger partial charge < -0.3 is 19.5 Å². The molecule has 7 nitrogen and oxygen atoms in total. The number of amides is 1. The molecule has 2 N–H and O–H groups in total. The zero-order chi connectivity index (χ0) is 24.6. The molecule has 0 radical (unpaired) electrons. The van der Waals surface area contributed by atoms with Gasteiger partial charge in [0.15, 0.2) is 11.5 Å². The van der Waals surface area contributed by atoms with Crippen LogP contribution in [0.5, 0.6) is 0 Å². The summed E-state index contributed by atoms with van der Waals surface area (Å²) in [6, 6.07) is 15.9. The summed E-state index contributed by atoms with van der Waals surface area (Å²) in [6.45, 7) is 6.34. The Labute approximate surface area is 196 Å². The molecule has 2 heterocycles. The van der Waals surface area contributed by atoms with Gasteiger partial charge in [-0.15, -0.1) is 0 Å². The second kappa shape index (κ2) is 8.67. The van der Waals surface area contributed by atoms with E-state index in [1.807, 2.05) is 24.3 Å². The van der Waals surface area contributed by atoms with Crippen LogP contribution in [0.3, 0.4) is 0 Å². The zero-order valence-corrected chi connectivity index (χ0v) is 19.1. The number of aliphatic hydroxyl groups excluding tert-OH is 1. The average molecular weight is 459 g/mol. The number of aliphatic hydroxyl groups is 1. The van der Waals surface area contributed by atoms with Gasteiger partial charge in [-0.25, -0.2) is 4.79 Å². The third kappa shape index (κ3) is 4.24. The van der Waals surface area contributed by atoms with Gasteiger partial charge in [-0.05, 0) is 46.4 Å². The molecular weight excluding hydrogens is 434 g/mol. The van der Waals surface area contributed by atoms with E-state index in [9.17, 15) is 19.5 Å². The molecule has 0 aliphatic carbocycles. The van der Waals surface area contributed by atoms with Crippen LogP contribution in [0.2, 0.25) is 0 Å². The van der Waals surface area contributed by atoms with Crippen LogP contribution in [0, 0.1) is 0 Å². The molecule has 3 aromatic rings. The molecule has 0 saturated carbocycles. The maximum absolute atomic E-state index is 13.2. The largest absolute Gasteiger partial charge is 0.503 e. The lowest BCUT2D eigenvalue weighted by Gasteiger charge is -2.28. The molecular formula is C27H25NO6. The quantitative estimate of drug-likeness (QED) is 0.499.